The maximum absolute atomic E-state index is 12.1. The maximum Gasteiger partial charge on any atom is 0.330 e. The van der Waals surface area contributed by atoms with E-state index in [1.54, 1.807) is 6.08 Å². The van der Waals surface area contributed by atoms with Crippen molar-refractivity contribution in [3.8, 4) is 0 Å². The molecule has 3 fully saturated rings. The average molecular weight is 481 g/mol. The van der Waals surface area contributed by atoms with Crippen LogP contribution in [0.1, 0.15) is 72.6 Å². The molecule has 0 aromatic heterocycles. The van der Waals surface area contributed by atoms with Crippen LogP contribution in [0.3, 0.4) is 0 Å². The Balaban J connectivity index is 1.91. The first kappa shape index (κ1) is 26.9. The number of carbonyl (C=O) groups is 1. The van der Waals surface area contributed by atoms with Crippen molar-refractivity contribution >= 4 is 14.3 Å². The number of carbonyl (C=O) groups excluding carboxylic acids is 1. The van der Waals surface area contributed by atoms with Crippen LogP contribution in [0.25, 0.3) is 0 Å². The zero-order chi connectivity index (χ0) is 24.4. The Morgan fingerprint density at radius 2 is 1.88 bits per heavy atom. The molecule has 1 unspecified atom stereocenters. The number of rotatable bonds is 8. The standard InChI is InChI=1S/C27H48O5Si/c1-19(20-11-8-9-12-20)24(29)25-23-21(17-31-25)13-10-15-27(23,16-14-22(28)30-5)18-32-33(6,7)26(2,3)4/h14,16,19-21,23-25,29H,8-13,15,17-18H2,1-7H3/b16-14+/t19?,21-,23+,24+,25+,27+/m0/s1. The summed E-state index contributed by atoms with van der Waals surface area (Å²) in [5.74, 6) is 1.01. The normalized spacial score (nSPS) is 33.3. The lowest BCUT2D eigenvalue weighted by Gasteiger charge is -2.48. The first-order valence-electron chi connectivity index (χ1n) is 13.1. The van der Waals surface area contributed by atoms with E-state index in [1.165, 1.54) is 32.8 Å². The average Bonchev–Trinajstić information content (AvgIpc) is 3.45. The third kappa shape index (κ3) is 5.76. The lowest BCUT2D eigenvalue weighted by molar-refractivity contribution is -0.135. The highest BCUT2D eigenvalue weighted by Gasteiger charge is 2.55. The molecule has 1 heterocycles. The summed E-state index contributed by atoms with van der Waals surface area (Å²) in [6.45, 7) is 14.8. The largest absolute Gasteiger partial charge is 0.466 e. The van der Waals surface area contributed by atoms with E-state index in [-0.39, 0.29) is 34.4 Å². The zero-order valence-corrected chi connectivity index (χ0v) is 23.1. The predicted molar refractivity (Wildman–Crippen MR) is 134 cm³/mol. The minimum Gasteiger partial charge on any atom is -0.466 e. The van der Waals surface area contributed by atoms with Crippen molar-refractivity contribution in [2.75, 3.05) is 20.3 Å². The molecule has 0 aromatic carbocycles. The number of aliphatic hydroxyl groups is 1. The molecule has 0 aromatic rings. The Hall–Kier alpha value is -0.693. The van der Waals surface area contributed by atoms with Gasteiger partial charge in [0.2, 0.25) is 0 Å². The quantitative estimate of drug-likeness (QED) is 0.273. The van der Waals surface area contributed by atoms with Gasteiger partial charge in [-0.1, -0.05) is 65.9 Å². The van der Waals surface area contributed by atoms with Crippen molar-refractivity contribution in [2.24, 2.45) is 29.1 Å². The molecule has 6 atom stereocenters. The highest BCUT2D eigenvalue weighted by Crippen LogP contribution is 2.54. The molecular weight excluding hydrogens is 432 g/mol. The summed E-state index contributed by atoms with van der Waals surface area (Å²) in [6, 6.07) is 0. The van der Waals surface area contributed by atoms with Crippen LogP contribution in [-0.2, 0) is 18.7 Å². The molecule has 2 aliphatic carbocycles. The fourth-order valence-corrected chi connectivity index (χ4v) is 7.31. The Labute approximate surface area is 202 Å². The Kier molecular flexibility index (Phi) is 8.57. The van der Waals surface area contributed by atoms with Gasteiger partial charge in [-0.25, -0.2) is 4.79 Å². The van der Waals surface area contributed by atoms with Crippen LogP contribution in [0.4, 0.5) is 0 Å². The van der Waals surface area contributed by atoms with Gasteiger partial charge in [-0.2, -0.15) is 0 Å². The van der Waals surface area contributed by atoms with E-state index in [1.807, 2.05) is 0 Å². The van der Waals surface area contributed by atoms with Gasteiger partial charge < -0.3 is 19.0 Å². The molecule has 1 aliphatic heterocycles. The fourth-order valence-electron chi connectivity index (χ4n) is 6.25. The molecule has 2 saturated carbocycles. The minimum atomic E-state index is -1.99. The SMILES string of the molecule is COC(=O)/C=C/[C@@]1(CO[Si](C)(C)C(C)(C)C)CCC[C@H]2CO[C@@H]([C@H](O)C(C)C3CCCC3)[C@@H]21. The van der Waals surface area contributed by atoms with E-state index in [4.69, 9.17) is 13.9 Å². The molecule has 0 bridgehead atoms. The van der Waals surface area contributed by atoms with E-state index in [2.05, 4.69) is 46.9 Å². The third-order valence-corrected chi connectivity index (χ3v) is 14.0. The van der Waals surface area contributed by atoms with Gasteiger partial charge in [-0.05, 0) is 48.7 Å². The van der Waals surface area contributed by atoms with Gasteiger partial charge in [-0.3, -0.25) is 0 Å². The van der Waals surface area contributed by atoms with Crippen LogP contribution < -0.4 is 0 Å². The fraction of sp³-hybridized carbons (Fsp3) is 0.889. The molecule has 5 nitrogen and oxygen atoms in total. The number of hydrogen-bond acceptors (Lipinski definition) is 5. The number of fused-ring (bicyclic) bond motifs is 1. The molecule has 0 amide bonds. The lowest BCUT2D eigenvalue weighted by Crippen LogP contribution is -2.52. The lowest BCUT2D eigenvalue weighted by atomic mass is 9.59. The number of hydrogen-bond donors (Lipinski definition) is 1. The van der Waals surface area contributed by atoms with Crippen molar-refractivity contribution in [3.05, 3.63) is 12.2 Å². The highest BCUT2D eigenvalue weighted by atomic mass is 28.4. The van der Waals surface area contributed by atoms with Gasteiger partial charge in [0.25, 0.3) is 0 Å². The van der Waals surface area contributed by atoms with Gasteiger partial charge in [0, 0.05) is 24.0 Å². The Morgan fingerprint density at radius 1 is 1.21 bits per heavy atom. The molecular formula is C27H48O5Si. The second-order valence-electron chi connectivity index (χ2n) is 12.5. The Bertz CT molecular complexity index is 693. The van der Waals surface area contributed by atoms with Crippen molar-refractivity contribution in [1.29, 1.82) is 0 Å². The summed E-state index contributed by atoms with van der Waals surface area (Å²) in [7, 11) is -0.570. The summed E-state index contributed by atoms with van der Waals surface area (Å²) in [4.78, 5) is 12.1. The molecule has 6 heteroatoms. The molecule has 1 N–H and O–H groups in total. The molecule has 1 saturated heterocycles. The van der Waals surface area contributed by atoms with E-state index in [9.17, 15) is 9.90 Å². The summed E-state index contributed by atoms with van der Waals surface area (Å²) in [6.07, 6.45) is 11.0. The summed E-state index contributed by atoms with van der Waals surface area (Å²) in [5, 5.41) is 11.7. The topological polar surface area (TPSA) is 65.0 Å². The van der Waals surface area contributed by atoms with E-state index < -0.39 is 14.4 Å². The molecule has 33 heavy (non-hydrogen) atoms. The van der Waals surface area contributed by atoms with Crippen molar-refractivity contribution < 1.29 is 23.8 Å². The van der Waals surface area contributed by atoms with E-state index in [0.29, 0.717) is 25.0 Å². The van der Waals surface area contributed by atoms with Gasteiger partial charge in [0.05, 0.1) is 25.9 Å². The van der Waals surface area contributed by atoms with Crippen LogP contribution in [-0.4, -0.2) is 51.9 Å². The van der Waals surface area contributed by atoms with Gasteiger partial charge in [-0.15, -0.1) is 0 Å². The van der Waals surface area contributed by atoms with Crippen LogP contribution in [0, 0.1) is 29.1 Å². The van der Waals surface area contributed by atoms with Crippen LogP contribution in [0.15, 0.2) is 12.2 Å². The highest BCUT2D eigenvalue weighted by molar-refractivity contribution is 6.74. The van der Waals surface area contributed by atoms with Crippen LogP contribution in [0.2, 0.25) is 18.1 Å². The smallest absolute Gasteiger partial charge is 0.330 e. The molecule has 3 aliphatic rings. The number of esters is 1. The molecule has 0 radical (unpaired) electrons. The number of ether oxygens (including phenoxy) is 2. The number of aliphatic hydroxyl groups excluding tert-OH is 1. The van der Waals surface area contributed by atoms with E-state index in [0.717, 1.165) is 19.3 Å². The first-order chi connectivity index (χ1) is 15.4. The van der Waals surface area contributed by atoms with Gasteiger partial charge in [0.15, 0.2) is 8.32 Å². The van der Waals surface area contributed by atoms with Crippen LogP contribution in [0.5, 0.6) is 0 Å². The monoisotopic (exact) mass is 480 g/mol. The van der Waals surface area contributed by atoms with Gasteiger partial charge in [0.1, 0.15) is 0 Å². The van der Waals surface area contributed by atoms with Crippen molar-refractivity contribution in [2.45, 2.75) is 103 Å². The van der Waals surface area contributed by atoms with Crippen LogP contribution >= 0.6 is 0 Å². The molecule has 0 spiro atoms. The maximum atomic E-state index is 12.1. The Morgan fingerprint density at radius 3 is 2.48 bits per heavy atom. The van der Waals surface area contributed by atoms with Crippen molar-refractivity contribution in [3.63, 3.8) is 0 Å². The summed E-state index contributed by atoms with van der Waals surface area (Å²) in [5.41, 5.74) is -0.329. The number of methoxy groups -OCH3 is 1. The molecule has 190 valence electrons. The third-order valence-electron chi connectivity index (χ3n) is 9.52. The first-order valence-corrected chi connectivity index (χ1v) is 16.0. The van der Waals surface area contributed by atoms with Crippen molar-refractivity contribution in [1.82, 2.24) is 0 Å². The second kappa shape index (κ2) is 10.5. The summed E-state index contributed by atoms with van der Waals surface area (Å²) < 4.78 is 18.1. The van der Waals surface area contributed by atoms with E-state index >= 15 is 0 Å². The van der Waals surface area contributed by atoms with Gasteiger partial charge >= 0.3 is 5.97 Å². The molecule has 3 rings (SSSR count). The summed E-state index contributed by atoms with van der Waals surface area (Å²) >= 11 is 0. The zero-order valence-electron chi connectivity index (χ0n) is 22.1. The predicted octanol–water partition coefficient (Wildman–Crippen LogP) is 5.73. The second-order valence-corrected chi connectivity index (χ2v) is 17.3. The minimum absolute atomic E-state index is 0.108.